The molecule has 0 aromatic carbocycles. The van der Waals surface area contributed by atoms with Crippen LogP contribution in [0.4, 0.5) is 0 Å². The maximum Gasteiger partial charge on any atom is 0.303 e. The van der Waals surface area contributed by atoms with E-state index in [1.54, 1.807) is 0 Å². The molecule has 0 radical (unpaired) electrons. The van der Waals surface area contributed by atoms with Gasteiger partial charge in [0.2, 0.25) is 0 Å². The van der Waals surface area contributed by atoms with Crippen molar-refractivity contribution in [1.82, 2.24) is 10.6 Å². The summed E-state index contributed by atoms with van der Waals surface area (Å²) in [6, 6.07) is -1.85. The molecule has 36 heavy (non-hydrogen) atoms. The van der Waals surface area contributed by atoms with E-state index in [1.807, 2.05) is 43.4 Å². The van der Waals surface area contributed by atoms with Crippen molar-refractivity contribution in [3.8, 4) is 0 Å². The fourth-order valence-electron chi connectivity index (χ4n) is 3.70. The van der Waals surface area contributed by atoms with E-state index >= 15 is 0 Å². The highest BCUT2D eigenvalue weighted by atomic mass is 16.4. The molecule has 0 aliphatic heterocycles. The molecule has 0 amide bonds. The lowest BCUT2D eigenvalue weighted by atomic mass is 9.92. The lowest BCUT2D eigenvalue weighted by Crippen LogP contribution is -2.57. The number of hydrogen-bond donors (Lipinski definition) is 9. The van der Waals surface area contributed by atoms with Crippen LogP contribution in [0.25, 0.3) is 0 Å². The van der Waals surface area contributed by atoms with Gasteiger partial charge in [-0.15, -0.1) is 0 Å². The molecule has 11 heteroatoms. The van der Waals surface area contributed by atoms with Gasteiger partial charge in [0, 0.05) is 37.1 Å². The predicted octanol–water partition coefficient (Wildman–Crippen LogP) is 0.981. The number of carboxylic acid groups (broad SMARTS) is 2. The first-order chi connectivity index (χ1) is 17.0. The largest absolute Gasteiger partial charge is 0.481 e. The maximum atomic E-state index is 11.0. The summed E-state index contributed by atoms with van der Waals surface area (Å²) in [6.07, 6.45) is 10.2. The Morgan fingerprint density at radius 2 is 1.64 bits per heavy atom. The number of hydrogen-bond acceptors (Lipinski definition) is 9. The second kappa shape index (κ2) is 16.9. The molecule has 10 N–H and O–H groups in total. The average molecular weight is 509 g/mol. The minimum absolute atomic E-state index is 0.0313. The lowest BCUT2D eigenvalue weighted by Gasteiger charge is -2.31. The number of nitrogens with two attached hydrogens (primary N) is 1. The molecule has 6 unspecified atom stereocenters. The first-order valence-corrected chi connectivity index (χ1v) is 12.0. The third-order valence-corrected chi connectivity index (χ3v) is 5.87. The molecule has 1 aliphatic carbocycles. The summed E-state index contributed by atoms with van der Waals surface area (Å²) in [5.41, 5.74) is 7.31. The quantitative estimate of drug-likeness (QED) is 0.0728. The van der Waals surface area contributed by atoms with Gasteiger partial charge in [-0.2, -0.15) is 0 Å². The molecule has 0 aromatic rings. The second-order valence-corrected chi connectivity index (χ2v) is 8.88. The van der Waals surface area contributed by atoms with E-state index in [0.29, 0.717) is 6.42 Å². The molecular formula is C25H40N4O7. The Hall–Kier alpha value is -2.67. The standard InChI is InChI=1S/C25H40N4O7/c1-16(7-9-18(15-26)17-5-3-2-4-6-17)8-12-21(30)28-20(11-14-23(33)34)25(36)29-19(24(27)35)10-13-22(31)32/h2-5,7,9,15,17,19-21,24-26,28-30,35-36H,6,8,10-14,27H2,1H3,(H,31,32)(H,33,34). The SMILES string of the molecule is CC(=CC=C(C=N)C1C=CC=CC1)CCC(O)NC(CCC(=O)O)C(O)NC(CCC(=O)O)C(N)O. The fourth-order valence-corrected chi connectivity index (χ4v) is 3.70. The number of aliphatic hydroxyl groups excluding tert-OH is 3. The Kier molecular flexibility index (Phi) is 14.7. The Bertz CT molecular complexity index is 838. The van der Waals surface area contributed by atoms with E-state index in [4.69, 9.17) is 21.4 Å². The number of allylic oxidation sites excluding steroid dienone is 8. The Balaban J connectivity index is 2.73. The average Bonchev–Trinajstić information content (AvgIpc) is 2.83. The van der Waals surface area contributed by atoms with Crippen LogP contribution in [-0.4, -0.2) is 74.5 Å². The van der Waals surface area contributed by atoms with Crippen molar-refractivity contribution in [2.24, 2.45) is 11.7 Å². The molecule has 0 aromatic heterocycles. The van der Waals surface area contributed by atoms with Crippen LogP contribution < -0.4 is 16.4 Å². The first kappa shape index (κ1) is 31.4. The molecule has 0 fully saturated rings. The molecule has 0 saturated heterocycles. The van der Waals surface area contributed by atoms with Crippen LogP contribution in [0.1, 0.15) is 51.9 Å². The van der Waals surface area contributed by atoms with Crippen LogP contribution >= 0.6 is 0 Å². The zero-order chi connectivity index (χ0) is 27.1. The molecular weight excluding hydrogens is 468 g/mol. The summed E-state index contributed by atoms with van der Waals surface area (Å²) in [5.74, 6) is -2.02. The summed E-state index contributed by atoms with van der Waals surface area (Å²) in [4.78, 5) is 21.9. The molecule has 1 rings (SSSR count). The molecule has 0 spiro atoms. The number of carboxylic acids is 2. The Labute approximate surface area is 211 Å². The maximum absolute atomic E-state index is 11.0. The molecule has 0 bridgehead atoms. The van der Waals surface area contributed by atoms with Crippen molar-refractivity contribution in [2.75, 3.05) is 0 Å². The van der Waals surface area contributed by atoms with Crippen LogP contribution in [0.3, 0.4) is 0 Å². The van der Waals surface area contributed by atoms with Crippen molar-refractivity contribution in [3.63, 3.8) is 0 Å². The van der Waals surface area contributed by atoms with Gasteiger partial charge < -0.3 is 36.7 Å². The van der Waals surface area contributed by atoms with Gasteiger partial charge in [-0.1, -0.05) is 42.0 Å². The molecule has 1 aliphatic rings. The Morgan fingerprint density at radius 3 is 2.17 bits per heavy atom. The number of carbonyl (C=O) groups is 2. The molecule has 0 saturated carbocycles. The predicted molar refractivity (Wildman–Crippen MR) is 136 cm³/mol. The van der Waals surface area contributed by atoms with E-state index in [2.05, 4.69) is 10.6 Å². The number of nitrogens with one attached hydrogen (secondary N) is 3. The van der Waals surface area contributed by atoms with Gasteiger partial charge in [0.25, 0.3) is 0 Å². The van der Waals surface area contributed by atoms with Gasteiger partial charge >= 0.3 is 11.9 Å². The highest BCUT2D eigenvalue weighted by Crippen LogP contribution is 2.20. The zero-order valence-corrected chi connectivity index (χ0v) is 20.6. The fraction of sp³-hybridized carbons (Fsp3) is 0.560. The van der Waals surface area contributed by atoms with Crippen molar-refractivity contribution in [1.29, 1.82) is 5.41 Å². The highest BCUT2D eigenvalue weighted by molar-refractivity contribution is 5.77. The van der Waals surface area contributed by atoms with Crippen LogP contribution in [0, 0.1) is 11.3 Å². The summed E-state index contributed by atoms with van der Waals surface area (Å²) in [7, 11) is 0. The first-order valence-electron chi connectivity index (χ1n) is 12.0. The summed E-state index contributed by atoms with van der Waals surface area (Å²) < 4.78 is 0. The smallest absolute Gasteiger partial charge is 0.303 e. The van der Waals surface area contributed by atoms with Crippen molar-refractivity contribution < 1.29 is 35.1 Å². The minimum Gasteiger partial charge on any atom is -0.481 e. The second-order valence-electron chi connectivity index (χ2n) is 8.88. The topological polar surface area (TPSA) is 209 Å². The highest BCUT2D eigenvalue weighted by Gasteiger charge is 2.27. The van der Waals surface area contributed by atoms with Gasteiger partial charge in [-0.25, -0.2) is 0 Å². The lowest BCUT2D eigenvalue weighted by molar-refractivity contribution is -0.138. The minimum atomic E-state index is -1.45. The van der Waals surface area contributed by atoms with Gasteiger partial charge in [0.05, 0.1) is 0 Å². The van der Waals surface area contributed by atoms with Gasteiger partial charge in [-0.05, 0) is 44.6 Å². The van der Waals surface area contributed by atoms with E-state index in [1.165, 1.54) is 6.21 Å². The molecule has 202 valence electrons. The van der Waals surface area contributed by atoms with Crippen molar-refractivity contribution in [2.45, 2.75) is 82.6 Å². The van der Waals surface area contributed by atoms with Crippen LogP contribution in [0.5, 0.6) is 0 Å². The molecule has 0 heterocycles. The normalized spacial score (nSPS) is 20.4. The summed E-state index contributed by atoms with van der Waals surface area (Å²) in [5, 5.41) is 61.8. The van der Waals surface area contributed by atoms with Gasteiger partial charge in [0.15, 0.2) is 0 Å². The monoisotopic (exact) mass is 508 g/mol. The number of aliphatic hydroxyl groups is 3. The van der Waals surface area contributed by atoms with Crippen LogP contribution in [-0.2, 0) is 9.59 Å². The number of rotatable bonds is 18. The van der Waals surface area contributed by atoms with Crippen molar-refractivity contribution >= 4 is 18.2 Å². The zero-order valence-electron chi connectivity index (χ0n) is 20.6. The van der Waals surface area contributed by atoms with Crippen LogP contribution in [0.2, 0.25) is 0 Å². The molecule has 11 nitrogen and oxygen atoms in total. The summed E-state index contributed by atoms with van der Waals surface area (Å²) in [6.45, 7) is 1.90. The van der Waals surface area contributed by atoms with E-state index in [0.717, 1.165) is 17.6 Å². The van der Waals surface area contributed by atoms with E-state index < -0.39 is 42.7 Å². The van der Waals surface area contributed by atoms with Gasteiger partial charge in [0.1, 0.15) is 18.7 Å². The summed E-state index contributed by atoms with van der Waals surface area (Å²) >= 11 is 0. The van der Waals surface area contributed by atoms with Crippen LogP contribution in [0.15, 0.2) is 47.6 Å². The van der Waals surface area contributed by atoms with Gasteiger partial charge in [-0.3, -0.25) is 20.2 Å². The van der Waals surface area contributed by atoms with E-state index in [-0.39, 0.29) is 38.0 Å². The van der Waals surface area contributed by atoms with Crippen molar-refractivity contribution in [3.05, 3.63) is 47.6 Å². The van der Waals surface area contributed by atoms with E-state index in [9.17, 15) is 24.9 Å². The third kappa shape index (κ3) is 12.9. The Morgan fingerprint density at radius 1 is 1.00 bits per heavy atom. The number of aliphatic carboxylic acids is 2. The molecule has 6 atom stereocenters. The third-order valence-electron chi connectivity index (χ3n) is 5.87.